The maximum absolute atomic E-state index is 9.77. The standard InChI is InChI=1S/C11H17NO3/c1-3-7-4-8(9(13)6-12)11(14)10(5-7)15-2/h4-5,9,13-14H,3,6,12H2,1-2H3. The summed E-state index contributed by atoms with van der Waals surface area (Å²) in [6, 6.07) is 3.50. The fraction of sp³-hybridized carbons (Fsp3) is 0.455. The number of methoxy groups -OCH3 is 1. The van der Waals surface area contributed by atoms with Crippen molar-refractivity contribution in [2.45, 2.75) is 19.4 Å². The summed E-state index contributed by atoms with van der Waals surface area (Å²) in [4.78, 5) is 0. The minimum atomic E-state index is -0.856. The fourth-order valence-electron chi connectivity index (χ4n) is 1.43. The van der Waals surface area contributed by atoms with Gasteiger partial charge in [-0.3, -0.25) is 0 Å². The molecule has 0 bridgehead atoms. The number of nitrogens with two attached hydrogens (primary N) is 1. The van der Waals surface area contributed by atoms with E-state index < -0.39 is 6.10 Å². The molecule has 0 radical (unpaired) electrons. The Bertz CT molecular complexity index is 339. The third kappa shape index (κ3) is 2.40. The van der Waals surface area contributed by atoms with Crippen molar-refractivity contribution in [1.82, 2.24) is 0 Å². The summed E-state index contributed by atoms with van der Waals surface area (Å²) in [5.41, 5.74) is 6.77. The molecule has 4 heteroatoms. The summed E-state index contributed by atoms with van der Waals surface area (Å²) < 4.78 is 5.02. The van der Waals surface area contributed by atoms with E-state index in [1.54, 1.807) is 12.1 Å². The number of aryl methyl sites for hydroxylation is 1. The number of hydrogen-bond donors (Lipinski definition) is 3. The van der Waals surface area contributed by atoms with Crippen LogP contribution in [0.15, 0.2) is 12.1 Å². The number of aromatic hydroxyl groups is 1. The van der Waals surface area contributed by atoms with Crippen LogP contribution < -0.4 is 10.5 Å². The summed E-state index contributed by atoms with van der Waals surface area (Å²) in [5.74, 6) is 0.338. The normalized spacial score (nSPS) is 12.5. The summed E-state index contributed by atoms with van der Waals surface area (Å²) in [5, 5.41) is 19.4. The van der Waals surface area contributed by atoms with Gasteiger partial charge in [-0.1, -0.05) is 6.92 Å². The highest BCUT2D eigenvalue weighted by Gasteiger charge is 2.15. The highest BCUT2D eigenvalue weighted by Crippen LogP contribution is 2.34. The molecule has 0 saturated heterocycles. The van der Waals surface area contributed by atoms with Gasteiger partial charge >= 0.3 is 0 Å². The van der Waals surface area contributed by atoms with Gasteiger partial charge in [0, 0.05) is 12.1 Å². The molecule has 84 valence electrons. The van der Waals surface area contributed by atoms with Gasteiger partial charge in [-0.25, -0.2) is 0 Å². The minimum absolute atomic E-state index is 0.0346. The number of rotatable bonds is 4. The minimum Gasteiger partial charge on any atom is -0.504 e. The van der Waals surface area contributed by atoms with E-state index in [1.165, 1.54) is 7.11 Å². The fourth-order valence-corrected chi connectivity index (χ4v) is 1.43. The molecule has 0 aliphatic carbocycles. The van der Waals surface area contributed by atoms with Crippen molar-refractivity contribution in [2.24, 2.45) is 5.73 Å². The molecule has 0 aliphatic heterocycles. The second kappa shape index (κ2) is 5.00. The van der Waals surface area contributed by atoms with E-state index in [9.17, 15) is 10.2 Å². The second-order valence-electron chi connectivity index (χ2n) is 3.34. The van der Waals surface area contributed by atoms with Gasteiger partial charge in [0.2, 0.25) is 0 Å². The van der Waals surface area contributed by atoms with Crippen molar-refractivity contribution in [1.29, 1.82) is 0 Å². The molecule has 1 rings (SSSR count). The van der Waals surface area contributed by atoms with E-state index in [0.29, 0.717) is 11.3 Å². The zero-order valence-electron chi connectivity index (χ0n) is 9.03. The topological polar surface area (TPSA) is 75.7 Å². The molecular formula is C11H17NO3. The van der Waals surface area contributed by atoms with Crippen LogP contribution >= 0.6 is 0 Å². The quantitative estimate of drug-likeness (QED) is 0.693. The molecule has 0 spiro atoms. The second-order valence-corrected chi connectivity index (χ2v) is 3.34. The molecular weight excluding hydrogens is 194 g/mol. The number of benzene rings is 1. The van der Waals surface area contributed by atoms with Gasteiger partial charge in [0.15, 0.2) is 11.5 Å². The van der Waals surface area contributed by atoms with E-state index in [0.717, 1.165) is 12.0 Å². The number of phenolic OH excluding ortho intramolecular Hbond substituents is 1. The highest BCUT2D eigenvalue weighted by atomic mass is 16.5. The van der Waals surface area contributed by atoms with Crippen LogP contribution in [0.2, 0.25) is 0 Å². The smallest absolute Gasteiger partial charge is 0.163 e. The van der Waals surface area contributed by atoms with Crippen molar-refractivity contribution in [3.63, 3.8) is 0 Å². The summed E-state index contributed by atoms with van der Waals surface area (Å²) >= 11 is 0. The molecule has 0 aliphatic rings. The van der Waals surface area contributed by atoms with Gasteiger partial charge < -0.3 is 20.7 Å². The van der Waals surface area contributed by atoms with Gasteiger partial charge in [-0.05, 0) is 24.1 Å². The molecule has 0 aromatic heterocycles. The molecule has 0 amide bonds. The van der Waals surface area contributed by atoms with Crippen molar-refractivity contribution < 1.29 is 14.9 Å². The molecule has 0 fully saturated rings. The predicted molar refractivity (Wildman–Crippen MR) is 58.1 cm³/mol. The van der Waals surface area contributed by atoms with Crippen molar-refractivity contribution in [3.8, 4) is 11.5 Å². The molecule has 15 heavy (non-hydrogen) atoms. The van der Waals surface area contributed by atoms with Crippen molar-refractivity contribution in [2.75, 3.05) is 13.7 Å². The van der Waals surface area contributed by atoms with Gasteiger partial charge in [-0.2, -0.15) is 0 Å². The third-order valence-electron chi connectivity index (χ3n) is 2.37. The van der Waals surface area contributed by atoms with Gasteiger partial charge in [0.1, 0.15) is 0 Å². The molecule has 1 atom stereocenters. The Hall–Kier alpha value is -1.26. The monoisotopic (exact) mass is 211 g/mol. The Morgan fingerprint density at radius 3 is 2.60 bits per heavy atom. The maximum atomic E-state index is 9.77. The third-order valence-corrected chi connectivity index (χ3v) is 2.37. The molecule has 0 heterocycles. The molecule has 1 aromatic rings. The highest BCUT2D eigenvalue weighted by molar-refractivity contribution is 5.49. The first kappa shape index (κ1) is 11.8. The Kier molecular flexibility index (Phi) is 3.94. The number of ether oxygens (including phenoxy) is 1. The van der Waals surface area contributed by atoms with Crippen molar-refractivity contribution >= 4 is 0 Å². The average molecular weight is 211 g/mol. The maximum Gasteiger partial charge on any atom is 0.163 e. The van der Waals surface area contributed by atoms with E-state index in [4.69, 9.17) is 10.5 Å². The van der Waals surface area contributed by atoms with Gasteiger partial charge in [-0.15, -0.1) is 0 Å². The molecule has 0 saturated carbocycles. The van der Waals surface area contributed by atoms with E-state index in [1.807, 2.05) is 6.92 Å². The summed E-state index contributed by atoms with van der Waals surface area (Å²) in [6.07, 6.45) is -0.0496. The van der Waals surface area contributed by atoms with E-state index in [2.05, 4.69) is 0 Å². The first-order valence-electron chi connectivity index (χ1n) is 4.91. The Morgan fingerprint density at radius 2 is 2.13 bits per heavy atom. The summed E-state index contributed by atoms with van der Waals surface area (Å²) in [7, 11) is 1.48. The lowest BCUT2D eigenvalue weighted by Crippen LogP contribution is -2.12. The number of aliphatic hydroxyl groups is 1. The molecule has 4 nitrogen and oxygen atoms in total. The Balaban J connectivity index is 3.23. The zero-order chi connectivity index (χ0) is 11.4. The Labute approximate surface area is 89.3 Å². The number of phenols is 1. The van der Waals surface area contributed by atoms with Crippen LogP contribution in [-0.2, 0) is 6.42 Å². The van der Waals surface area contributed by atoms with E-state index in [-0.39, 0.29) is 12.3 Å². The zero-order valence-corrected chi connectivity index (χ0v) is 9.03. The molecule has 1 unspecified atom stereocenters. The number of hydrogen-bond acceptors (Lipinski definition) is 4. The van der Waals surface area contributed by atoms with Crippen molar-refractivity contribution in [3.05, 3.63) is 23.3 Å². The van der Waals surface area contributed by atoms with Crippen LogP contribution in [0.5, 0.6) is 11.5 Å². The first-order valence-corrected chi connectivity index (χ1v) is 4.91. The lowest BCUT2D eigenvalue weighted by atomic mass is 10.0. The molecule has 1 aromatic carbocycles. The Morgan fingerprint density at radius 1 is 1.47 bits per heavy atom. The predicted octanol–water partition coefficient (Wildman–Crippen LogP) is 0.955. The largest absolute Gasteiger partial charge is 0.504 e. The van der Waals surface area contributed by atoms with Crippen LogP contribution in [0, 0.1) is 0 Å². The van der Waals surface area contributed by atoms with Crippen LogP contribution in [0.4, 0.5) is 0 Å². The lowest BCUT2D eigenvalue weighted by molar-refractivity contribution is 0.181. The van der Waals surface area contributed by atoms with E-state index >= 15 is 0 Å². The molecule has 4 N–H and O–H groups in total. The van der Waals surface area contributed by atoms with Crippen LogP contribution in [-0.4, -0.2) is 23.9 Å². The number of aliphatic hydroxyl groups excluding tert-OH is 1. The van der Waals surface area contributed by atoms with Crippen LogP contribution in [0.1, 0.15) is 24.2 Å². The lowest BCUT2D eigenvalue weighted by Gasteiger charge is -2.14. The SMILES string of the molecule is CCc1cc(OC)c(O)c(C(O)CN)c1. The van der Waals surface area contributed by atoms with Crippen LogP contribution in [0.25, 0.3) is 0 Å². The van der Waals surface area contributed by atoms with Gasteiger partial charge in [0.05, 0.1) is 13.2 Å². The van der Waals surface area contributed by atoms with Crippen LogP contribution in [0.3, 0.4) is 0 Å². The van der Waals surface area contributed by atoms with Gasteiger partial charge in [0.25, 0.3) is 0 Å². The average Bonchev–Trinajstić information content (AvgIpc) is 2.28. The summed E-state index contributed by atoms with van der Waals surface area (Å²) in [6.45, 7) is 2.06. The first-order chi connectivity index (χ1) is 7.13.